The molecule has 1 aliphatic rings. The zero-order chi connectivity index (χ0) is 33.1. The maximum absolute atomic E-state index is 12.3. The Labute approximate surface area is 255 Å². The molecule has 10 N–H and O–H groups in total. The Morgan fingerprint density at radius 1 is 1.04 bits per heavy atom. The molecule has 3 heterocycles. The third-order valence-corrected chi connectivity index (χ3v) is 6.50. The van der Waals surface area contributed by atoms with Crippen LogP contribution in [0.1, 0.15) is 55.1 Å². The van der Waals surface area contributed by atoms with Crippen LogP contribution in [-0.4, -0.2) is 71.9 Å². The fraction of sp³-hybridized carbons (Fsp3) is 0.321. The van der Waals surface area contributed by atoms with Gasteiger partial charge in [-0.1, -0.05) is 6.92 Å². The number of fused-ring (bicyclic) bond motifs is 1. The molecule has 0 fully saturated rings. The fourth-order valence-corrected chi connectivity index (χ4v) is 3.94. The molecule has 0 bridgehead atoms. The summed E-state index contributed by atoms with van der Waals surface area (Å²) < 4.78 is 0. The van der Waals surface area contributed by atoms with E-state index in [0.29, 0.717) is 23.4 Å². The van der Waals surface area contributed by atoms with Crippen molar-refractivity contribution in [3.8, 4) is 0 Å². The Bertz CT molecular complexity index is 1670. The zero-order valence-electron chi connectivity index (χ0n) is 24.2. The number of aliphatic carboxylic acids is 2. The molecule has 2 unspecified atom stereocenters. The number of nitrogens with zero attached hydrogens (tertiary/aromatic N) is 3. The molecule has 4 rings (SSSR count). The molecule has 17 heteroatoms. The molecule has 0 spiro atoms. The van der Waals surface area contributed by atoms with Gasteiger partial charge in [0.25, 0.3) is 23.3 Å². The van der Waals surface area contributed by atoms with E-state index in [1.807, 2.05) is 6.92 Å². The normalized spacial score (nSPS) is 13.6. The second-order valence-corrected chi connectivity index (χ2v) is 9.91. The van der Waals surface area contributed by atoms with Crippen LogP contribution in [0.15, 0.2) is 46.9 Å². The maximum Gasteiger partial charge on any atom is 0.326 e. The van der Waals surface area contributed by atoms with Crippen molar-refractivity contribution in [3.05, 3.63) is 63.7 Å². The van der Waals surface area contributed by atoms with Gasteiger partial charge in [-0.3, -0.25) is 34.3 Å². The van der Waals surface area contributed by atoms with E-state index in [2.05, 4.69) is 35.9 Å². The number of benzene rings is 1. The van der Waals surface area contributed by atoms with Crippen LogP contribution < -0.4 is 33.0 Å². The van der Waals surface area contributed by atoms with Crippen molar-refractivity contribution in [1.29, 1.82) is 0 Å². The highest BCUT2D eigenvalue weighted by atomic mass is 16.4. The van der Waals surface area contributed by atoms with Crippen molar-refractivity contribution in [1.82, 2.24) is 30.6 Å². The van der Waals surface area contributed by atoms with Crippen LogP contribution in [0.4, 0.5) is 11.6 Å². The number of carboxylic acid groups (broad SMARTS) is 2. The number of H-pyrrole nitrogens is 1. The summed E-state index contributed by atoms with van der Waals surface area (Å²) in [5, 5.41) is 25.4. The lowest BCUT2D eigenvalue weighted by atomic mass is 10.0. The second kappa shape index (κ2) is 15.7. The highest BCUT2D eigenvalue weighted by Crippen LogP contribution is 2.13. The highest BCUT2D eigenvalue weighted by molar-refractivity contribution is 6.16. The number of aromatic amines is 1. The standard InChI is InChI=1S/C19H19N7O6.C9H14N2O2/c20-19-25-15-14(17(30)26-19)23-11(8-22-15)7-21-10-3-1-9(2-4-10)16(29)24-12(18(31)32)5-6-13(27)28;1-2-7(10)4-3-6-5-8(12)11-9(6)13/h1-4,8,12,21H,5-7H2,(H,24,29)(H,27,28)(H,31,32)(H3,20,22,25,26,30);5,7H,2-4,10H2,1H3,(H,11,12,13). The Hall–Kier alpha value is -5.71. The van der Waals surface area contributed by atoms with Crippen molar-refractivity contribution in [2.75, 3.05) is 11.1 Å². The van der Waals surface area contributed by atoms with Gasteiger partial charge in [0.2, 0.25) is 5.95 Å². The van der Waals surface area contributed by atoms with Crippen molar-refractivity contribution in [2.24, 2.45) is 5.73 Å². The lowest BCUT2D eigenvalue weighted by molar-refractivity contribution is -0.140. The van der Waals surface area contributed by atoms with Crippen molar-refractivity contribution < 1.29 is 34.2 Å². The van der Waals surface area contributed by atoms with Gasteiger partial charge in [-0.25, -0.2) is 14.8 Å². The smallest absolute Gasteiger partial charge is 0.326 e. The van der Waals surface area contributed by atoms with Gasteiger partial charge in [0, 0.05) is 35.4 Å². The molecule has 0 saturated carbocycles. The summed E-state index contributed by atoms with van der Waals surface area (Å²) in [6, 6.07) is 4.98. The number of carbonyl (C=O) groups is 5. The minimum absolute atomic E-state index is 0.0524. The first-order chi connectivity index (χ1) is 21.4. The van der Waals surface area contributed by atoms with E-state index < -0.39 is 29.4 Å². The van der Waals surface area contributed by atoms with Crippen LogP contribution >= 0.6 is 0 Å². The second-order valence-electron chi connectivity index (χ2n) is 9.91. The van der Waals surface area contributed by atoms with Crippen molar-refractivity contribution in [2.45, 2.75) is 57.7 Å². The summed E-state index contributed by atoms with van der Waals surface area (Å²) >= 11 is 0. The number of nitrogens with one attached hydrogen (secondary N) is 4. The Morgan fingerprint density at radius 3 is 2.36 bits per heavy atom. The summed E-state index contributed by atoms with van der Waals surface area (Å²) in [5.74, 6) is -3.74. The Kier molecular flexibility index (Phi) is 11.8. The van der Waals surface area contributed by atoms with E-state index in [0.717, 1.165) is 12.8 Å². The number of carboxylic acids is 2. The number of hydrogen-bond acceptors (Lipinski definition) is 12. The largest absolute Gasteiger partial charge is 0.481 e. The number of hydrogen-bond donors (Lipinski definition) is 8. The number of nitrogen functional groups attached to an aromatic ring is 1. The molecule has 1 aromatic carbocycles. The van der Waals surface area contributed by atoms with Crippen LogP contribution in [0.25, 0.3) is 11.2 Å². The highest BCUT2D eigenvalue weighted by Gasteiger charge is 2.22. The Balaban J connectivity index is 0.000000355. The average Bonchev–Trinajstić information content (AvgIpc) is 3.33. The molecule has 45 heavy (non-hydrogen) atoms. The third kappa shape index (κ3) is 10.2. The molecule has 3 aromatic rings. The van der Waals surface area contributed by atoms with Crippen LogP contribution in [0.5, 0.6) is 0 Å². The third-order valence-electron chi connectivity index (χ3n) is 6.50. The van der Waals surface area contributed by atoms with Crippen LogP contribution in [0.2, 0.25) is 0 Å². The molecule has 0 aliphatic carbocycles. The molecular formula is C28H33N9O8. The first kappa shape index (κ1) is 33.8. The van der Waals surface area contributed by atoms with E-state index in [-0.39, 0.29) is 59.9 Å². The summed E-state index contributed by atoms with van der Waals surface area (Å²) in [4.78, 5) is 82.3. The number of carbonyl (C=O) groups excluding carboxylic acids is 3. The molecule has 0 radical (unpaired) electrons. The van der Waals surface area contributed by atoms with Gasteiger partial charge in [0.05, 0.1) is 18.4 Å². The van der Waals surface area contributed by atoms with Gasteiger partial charge in [-0.15, -0.1) is 0 Å². The van der Waals surface area contributed by atoms with Gasteiger partial charge in [-0.2, -0.15) is 4.98 Å². The van der Waals surface area contributed by atoms with Gasteiger partial charge in [0.1, 0.15) is 6.04 Å². The SMILES string of the molecule is CCC(N)CCC1=CC(=O)NC1=O.Nc1nc2ncc(CNc3ccc(C(=O)NC(CCC(=O)O)C(=O)O)cc3)nc2c(=O)[nH]1. The summed E-state index contributed by atoms with van der Waals surface area (Å²) in [6.07, 6.45) is 4.43. The van der Waals surface area contributed by atoms with Crippen LogP contribution in [-0.2, 0) is 25.7 Å². The van der Waals surface area contributed by atoms with Crippen LogP contribution in [0.3, 0.4) is 0 Å². The average molecular weight is 624 g/mol. The van der Waals surface area contributed by atoms with Gasteiger partial charge in [-0.05, 0) is 49.9 Å². The molecule has 0 saturated heterocycles. The predicted molar refractivity (Wildman–Crippen MR) is 161 cm³/mol. The first-order valence-electron chi connectivity index (χ1n) is 13.8. The topological polar surface area (TPSA) is 285 Å². The summed E-state index contributed by atoms with van der Waals surface area (Å²) in [6.45, 7) is 2.23. The molecule has 17 nitrogen and oxygen atoms in total. The van der Waals surface area contributed by atoms with Gasteiger partial charge < -0.3 is 32.3 Å². The molecular weight excluding hydrogens is 590 g/mol. The minimum Gasteiger partial charge on any atom is -0.481 e. The number of anilines is 2. The number of amides is 3. The van der Waals surface area contributed by atoms with Gasteiger partial charge >= 0.3 is 11.9 Å². The summed E-state index contributed by atoms with van der Waals surface area (Å²) in [7, 11) is 0. The number of rotatable bonds is 13. The minimum atomic E-state index is -1.31. The van der Waals surface area contributed by atoms with Crippen molar-refractivity contribution in [3.63, 3.8) is 0 Å². The van der Waals surface area contributed by atoms with Crippen molar-refractivity contribution >= 4 is 52.5 Å². The molecule has 1 aliphatic heterocycles. The lowest BCUT2D eigenvalue weighted by Gasteiger charge is -2.14. The van der Waals surface area contributed by atoms with E-state index in [1.165, 1.54) is 24.4 Å². The monoisotopic (exact) mass is 623 g/mol. The van der Waals surface area contributed by atoms with E-state index >= 15 is 0 Å². The molecule has 3 amide bonds. The van der Waals surface area contributed by atoms with E-state index in [4.69, 9.17) is 21.7 Å². The van der Waals surface area contributed by atoms with E-state index in [1.54, 1.807) is 12.1 Å². The maximum atomic E-state index is 12.3. The Morgan fingerprint density at radius 2 is 1.76 bits per heavy atom. The number of nitrogens with two attached hydrogens (primary N) is 2. The molecule has 238 valence electrons. The predicted octanol–water partition coefficient (Wildman–Crippen LogP) is 0.0419. The summed E-state index contributed by atoms with van der Waals surface area (Å²) in [5.41, 5.74) is 12.7. The fourth-order valence-electron chi connectivity index (χ4n) is 3.94. The van der Waals surface area contributed by atoms with Crippen LogP contribution in [0, 0.1) is 0 Å². The molecule has 2 atom stereocenters. The van der Waals surface area contributed by atoms with E-state index in [9.17, 15) is 28.8 Å². The number of aromatic nitrogens is 4. The lowest BCUT2D eigenvalue weighted by Crippen LogP contribution is -2.41. The zero-order valence-corrected chi connectivity index (χ0v) is 24.2. The first-order valence-corrected chi connectivity index (χ1v) is 13.8. The quantitative estimate of drug-likeness (QED) is 0.117. The molecule has 2 aromatic heterocycles. The number of imide groups is 1. The van der Waals surface area contributed by atoms with Gasteiger partial charge in [0.15, 0.2) is 11.2 Å².